The Hall–Kier alpha value is -7.49. The van der Waals surface area contributed by atoms with Crippen LogP contribution in [0.25, 0.3) is 21.1 Å². The van der Waals surface area contributed by atoms with Crippen molar-refractivity contribution in [2.75, 3.05) is 77.6 Å². The van der Waals surface area contributed by atoms with Crippen LogP contribution in [0.4, 0.5) is 5.69 Å². The number of ether oxygens (including phenoxy) is 1. The Morgan fingerprint density at radius 2 is 1.35 bits per heavy atom. The van der Waals surface area contributed by atoms with E-state index >= 15 is 0 Å². The molecule has 3 aromatic carbocycles. The number of hydrogen-bond acceptors (Lipinski definition) is 23. The van der Waals surface area contributed by atoms with Gasteiger partial charge in [0.1, 0.15) is 46.3 Å². The van der Waals surface area contributed by atoms with Gasteiger partial charge in [-0.2, -0.15) is 0 Å². The Balaban J connectivity index is 0.966. The van der Waals surface area contributed by atoms with E-state index < -0.39 is 172 Å². The Bertz CT molecular complexity index is 3260. The Morgan fingerprint density at radius 1 is 0.723 bits per heavy atom. The second-order valence-electron chi connectivity index (χ2n) is 25.2. The van der Waals surface area contributed by atoms with E-state index in [0.717, 1.165) is 54.2 Å². The van der Waals surface area contributed by atoms with Crippen LogP contribution in [-0.4, -0.2) is 270 Å². The quantitative estimate of drug-likeness (QED) is 0.0483. The van der Waals surface area contributed by atoms with Crippen molar-refractivity contribution in [3.63, 3.8) is 0 Å². The first-order valence-electron chi connectivity index (χ1n) is 32.1. The standard InChI is InChI=1S/C64H88N12O17S/c1-34-30-76-54(55(34)85)60(90)66-29-43(80)27-45(67-56(86)37-10-12-38(13-11-37)61-71-72-62(94-61)39-14-16-42(17-15-39)74-23-21-73(22-24-74)41-7-5-4-6-8-41)57(87)68-51(35(2)79)63(91)75-31-44(81)28-46(75)58(88)69-52(49(84)25-36-9-18-47(82)50(26-36)93-3)59(89)70-53(64(76)92)48(83)19-20-65-40(32-77)33-78/h9-18,26,34-35,40-41,43-46,48-49,51-55,65,77-85H,4-8,19-25,27-33H2,1-3H3,(H,66,90)(H,67,86)(H,68,87)(H,69,88)(H,70,89)/t34-,35+,43+,44+,45-,46-,48+,49+,51-,52-,53-,54-,55-/m0/s1. The molecule has 0 radical (unpaired) electrons. The van der Waals surface area contributed by atoms with E-state index in [-0.39, 0.29) is 42.1 Å². The number of benzene rings is 3. The molecular formula is C64H88N12O17S. The van der Waals surface area contributed by atoms with Crippen molar-refractivity contribution in [2.45, 2.75) is 157 Å². The molecule has 9 rings (SSSR count). The maximum atomic E-state index is 15.0. The molecule has 0 spiro atoms. The number of aliphatic hydroxyl groups excluding tert-OH is 8. The van der Waals surface area contributed by atoms with Crippen LogP contribution in [0.1, 0.15) is 81.1 Å². The highest BCUT2D eigenvalue weighted by molar-refractivity contribution is 7.17. The molecule has 1 aliphatic carbocycles. The van der Waals surface area contributed by atoms with Gasteiger partial charge in [-0.3, -0.25) is 38.5 Å². The summed E-state index contributed by atoms with van der Waals surface area (Å²) in [5, 5.41) is 124. The smallest absolute Gasteiger partial charge is 0.251 e. The molecule has 7 amide bonds. The third-order valence-electron chi connectivity index (χ3n) is 18.5. The fourth-order valence-corrected chi connectivity index (χ4v) is 13.8. The van der Waals surface area contributed by atoms with Crippen molar-refractivity contribution in [3.05, 3.63) is 77.9 Å². The third-order valence-corrected chi connectivity index (χ3v) is 19.5. The van der Waals surface area contributed by atoms with Gasteiger partial charge < -0.3 is 97.3 Å². The highest BCUT2D eigenvalue weighted by Gasteiger charge is 2.50. The molecule has 0 bridgehead atoms. The van der Waals surface area contributed by atoms with Gasteiger partial charge in [0.2, 0.25) is 35.4 Å². The van der Waals surface area contributed by atoms with E-state index in [4.69, 9.17) is 4.74 Å². The van der Waals surface area contributed by atoms with Gasteiger partial charge >= 0.3 is 0 Å². The summed E-state index contributed by atoms with van der Waals surface area (Å²) >= 11 is 1.35. The molecule has 94 heavy (non-hydrogen) atoms. The summed E-state index contributed by atoms with van der Waals surface area (Å²) in [4.78, 5) is 109. The van der Waals surface area contributed by atoms with E-state index in [9.17, 15) is 79.5 Å². The van der Waals surface area contributed by atoms with Crippen LogP contribution < -0.4 is 41.5 Å². The molecule has 5 aliphatic rings. The summed E-state index contributed by atoms with van der Waals surface area (Å²) in [6, 6.07) is 7.11. The highest BCUT2D eigenvalue weighted by atomic mass is 32.1. The van der Waals surface area contributed by atoms with E-state index in [1.807, 2.05) is 12.1 Å². The van der Waals surface area contributed by atoms with Gasteiger partial charge in [-0.1, -0.05) is 55.7 Å². The number of amides is 7. The topological polar surface area (TPSA) is 422 Å². The summed E-state index contributed by atoms with van der Waals surface area (Å²) in [6.45, 7) is 3.90. The molecular weight excluding hydrogens is 1240 g/mol. The lowest BCUT2D eigenvalue weighted by molar-refractivity contribution is -0.147. The first-order chi connectivity index (χ1) is 45.0. The zero-order chi connectivity index (χ0) is 67.5. The number of anilines is 1. The molecule has 4 aromatic rings. The van der Waals surface area contributed by atoms with Crippen LogP contribution in [0, 0.1) is 5.92 Å². The monoisotopic (exact) mass is 1330 g/mol. The number of phenols is 1. The number of methoxy groups -OCH3 is 1. The number of aliphatic hydroxyl groups is 8. The third kappa shape index (κ3) is 17.1. The van der Waals surface area contributed by atoms with E-state index in [2.05, 4.69) is 64.0 Å². The molecule has 29 nitrogen and oxygen atoms in total. The summed E-state index contributed by atoms with van der Waals surface area (Å²) in [5.74, 6) is -8.80. The number of aromatic nitrogens is 2. The lowest BCUT2D eigenvalue weighted by Gasteiger charge is -2.41. The van der Waals surface area contributed by atoms with Gasteiger partial charge in [-0.25, -0.2) is 0 Å². The van der Waals surface area contributed by atoms with Crippen LogP contribution in [0.15, 0.2) is 66.7 Å². The fourth-order valence-electron chi connectivity index (χ4n) is 13.0. The molecule has 30 heteroatoms. The van der Waals surface area contributed by atoms with E-state index in [0.29, 0.717) is 21.6 Å². The number of rotatable bonds is 18. The first-order valence-corrected chi connectivity index (χ1v) is 32.9. The molecule has 4 saturated heterocycles. The number of nitrogens with zero attached hydrogens (tertiary/aromatic N) is 6. The highest BCUT2D eigenvalue weighted by Crippen LogP contribution is 2.34. The van der Waals surface area contributed by atoms with Crippen LogP contribution in [-0.2, 0) is 35.2 Å². The van der Waals surface area contributed by atoms with Crippen molar-refractivity contribution in [3.8, 4) is 32.6 Å². The SMILES string of the molecule is COc1cc(C[C@@H](O)[C@@H]2NC(=O)[C@@H]3C[C@@H](O)CN3C(=O)[C@H]([C@@H](C)O)NC(=O)[C@@H](NC(=O)c3ccc(-c4nnc(-c5ccc(N6CCN(C7CCCCC7)CC6)cc5)s4)cc3)C[C@@H](O)CNC(=O)[C@@H]3[C@@H](O)[C@@H](C)CN3C(=O)[C@H]([C@H](O)CCNC(CO)CO)NC2=O)ccc1O. The maximum absolute atomic E-state index is 15.0. The van der Waals surface area contributed by atoms with Crippen molar-refractivity contribution < 1.29 is 84.3 Å². The van der Waals surface area contributed by atoms with Crippen LogP contribution in [0.2, 0.25) is 0 Å². The van der Waals surface area contributed by atoms with Gasteiger partial charge in [-0.05, 0) is 86.8 Å². The van der Waals surface area contributed by atoms with Gasteiger partial charge in [0.15, 0.2) is 11.5 Å². The number of nitrogens with one attached hydrogen (secondary N) is 6. The number of aromatic hydroxyl groups is 1. The van der Waals surface area contributed by atoms with Crippen LogP contribution in [0.3, 0.4) is 0 Å². The molecule has 1 saturated carbocycles. The molecule has 15 N–H and O–H groups in total. The molecule has 5 heterocycles. The number of hydrogen-bond donors (Lipinski definition) is 15. The Morgan fingerprint density at radius 3 is 1.99 bits per heavy atom. The zero-order valence-electron chi connectivity index (χ0n) is 52.8. The fraction of sp³-hybridized carbons (Fsp3) is 0.578. The van der Waals surface area contributed by atoms with Crippen molar-refractivity contribution in [2.24, 2.45) is 5.92 Å². The number of carbonyl (C=O) groups excluding carboxylic acids is 7. The minimum atomic E-state index is -2.07. The minimum absolute atomic E-state index is 0.0229. The number of β-amino-alcohol motifs (C(OH)–C–C–N with tert-alkyl or cyclic N) is 1. The zero-order valence-corrected chi connectivity index (χ0v) is 53.6. The molecule has 5 fully saturated rings. The van der Waals surface area contributed by atoms with Crippen LogP contribution in [0.5, 0.6) is 11.5 Å². The number of carbonyl (C=O) groups is 7. The second-order valence-corrected chi connectivity index (χ2v) is 26.1. The molecule has 4 aliphatic heterocycles. The maximum Gasteiger partial charge on any atom is 0.251 e. The Labute approximate surface area is 547 Å². The second kappa shape index (κ2) is 32.3. The predicted molar refractivity (Wildman–Crippen MR) is 342 cm³/mol. The normalized spacial score (nSPS) is 26.9. The lowest BCUT2D eigenvalue weighted by Crippen LogP contribution is -2.64. The first kappa shape index (κ1) is 70.8. The lowest BCUT2D eigenvalue weighted by atomic mass is 9.94. The van der Waals surface area contributed by atoms with E-state index in [1.54, 1.807) is 12.1 Å². The Kier molecular flexibility index (Phi) is 24.3. The predicted octanol–water partition coefficient (Wildman–Crippen LogP) is -2.68. The molecule has 1 aromatic heterocycles. The largest absolute Gasteiger partial charge is 0.504 e. The molecule has 0 unspecified atom stereocenters. The summed E-state index contributed by atoms with van der Waals surface area (Å²) in [6.07, 6.45) is -5.65. The number of piperazine rings is 1. The van der Waals surface area contributed by atoms with E-state index in [1.165, 1.54) is 87.8 Å². The van der Waals surface area contributed by atoms with Gasteiger partial charge in [0, 0.05) is 99.4 Å². The summed E-state index contributed by atoms with van der Waals surface area (Å²) in [7, 11) is 1.27. The molecule has 512 valence electrons. The van der Waals surface area contributed by atoms with Crippen molar-refractivity contribution in [1.82, 2.24) is 56.8 Å². The summed E-state index contributed by atoms with van der Waals surface area (Å²) in [5.41, 5.74) is 2.93. The summed E-state index contributed by atoms with van der Waals surface area (Å²) < 4.78 is 5.22. The van der Waals surface area contributed by atoms with Gasteiger partial charge in [0.05, 0.1) is 63.0 Å². The average molecular weight is 1330 g/mol. The van der Waals surface area contributed by atoms with Gasteiger partial charge in [-0.15, -0.1) is 10.2 Å². The van der Waals surface area contributed by atoms with Crippen molar-refractivity contribution >= 4 is 58.4 Å². The van der Waals surface area contributed by atoms with Crippen LogP contribution >= 0.6 is 11.3 Å². The minimum Gasteiger partial charge on any atom is -0.504 e. The molecule has 13 atom stereocenters. The number of fused-ring (bicyclic) bond motifs is 2. The van der Waals surface area contributed by atoms with Crippen molar-refractivity contribution in [1.29, 1.82) is 0 Å². The average Bonchev–Trinajstić information content (AvgIpc) is 1.62. The van der Waals surface area contributed by atoms with Gasteiger partial charge in [0.25, 0.3) is 5.91 Å². The number of phenolic OH excluding ortho intramolecular Hbond substituents is 1.